The molecule has 1 aliphatic carbocycles. The number of nitrogen functional groups attached to an aromatic ring is 1. The van der Waals surface area contributed by atoms with Crippen molar-refractivity contribution in [3.63, 3.8) is 0 Å². The number of nitrogens with one attached hydrogen (secondary N) is 1. The Kier molecular flexibility index (Phi) is 4.18. The van der Waals surface area contributed by atoms with Crippen LogP contribution in [-0.2, 0) is 19.9 Å². The van der Waals surface area contributed by atoms with E-state index in [0.29, 0.717) is 16.5 Å². The molecule has 1 amide bonds. The lowest BCUT2D eigenvalue weighted by molar-refractivity contribution is -0.739. The highest BCUT2D eigenvalue weighted by atomic mass is 32.1. The SMILES string of the molecule is C[n+]1cc(NC(=O)c2sc3nc4c(cc3c2N)CC(C(C)(C)C)CC4)on1. The molecular formula is C19H24N5O2S+. The zero-order valence-electron chi connectivity index (χ0n) is 16.0. The largest absolute Gasteiger partial charge is 0.397 e. The summed E-state index contributed by atoms with van der Waals surface area (Å²) in [6.45, 7) is 6.87. The van der Waals surface area contributed by atoms with Gasteiger partial charge < -0.3 is 5.73 Å². The van der Waals surface area contributed by atoms with E-state index < -0.39 is 0 Å². The van der Waals surface area contributed by atoms with Crippen molar-refractivity contribution in [2.75, 3.05) is 11.1 Å². The maximum atomic E-state index is 12.6. The molecule has 1 aliphatic rings. The number of anilines is 2. The number of aryl methyl sites for hydroxylation is 2. The number of rotatable bonds is 2. The van der Waals surface area contributed by atoms with Crippen LogP contribution >= 0.6 is 11.3 Å². The first-order valence-electron chi connectivity index (χ1n) is 9.07. The maximum Gasteiger partial charge on any atom is 0.302 e. The fourth-order valence-electron chi connectivity index (χ4n) is 3.65. The van der Waals surface area contributed by atoms with Gasteiger partial charge in [0.2, 0.25) is 0 Å². The molecule has 0 spiro atoms. The van der Waals surface area contributed by atoms with E-state index in [1.54, 1.807) is 13.2 Å². The van der Waals surface area contributed by atoms with Gasteiger partial charge in [-0.3, -0.25) is 14.6 Å². The van der Waals surface area contributed by atoms with Gasteiger partial charge in [0.1, 0.15) is 9.71 Å². The normalized spacial score (nSPS) is 17.1. The van der Waals surface area contributed by atoms with Gasteiger partial charge in [-0.25, -0.2) is 4.98 Å². The van der Waals surface area contributed by atoms with Gasteiger partial charge >= 0.3 is 5.88 Å². The van der Waals surface area contributed by atoms with Crippen LogP contribution in [0.2, 0.25) is 0 Å². The first-order valence-corrected chi connectivity index (χ1v) is 9.89. The molecule has 1 unspecified atom stereocenters. The minimum atomic E-state index is -0.308. The second-order valence-corrected chi connectivity index (χ2v) is 9.29. The van der Waals surface area contributed by atoms with Crippen LogP contribution in [0.3, 0.4) is 0 Å². The molecule has 27 heavy (non-hydrogen) atoms. The molecule has 0 bridgehead atoms. The zero-order chi connectivity index (χ0) is 19.3. The van der Waals surface area contributed by atoms with Crippen molar-refractivity contribution < 1.29 is 14.0 Å². The zero-order valence-corrected chi connectivity index (χ0v) is 16.8. The van der Waals surface area contributed by atoms with Gasteiger partial charge in [0, 0.05) is 11.1 Å². The molecule has 3 heterocycles. The van der Waals surface area contributed by atoms with Crippen molar-refractivity contribution in [1.82, 2.24) is 10.3 Å². The summed E-state index contributed by atoms with van der Waals surface area (Å²) >= 11 is 1.32. The van der Waals surface area contributed by atoms with Crippen LogP contribution in [0.25, 0.3) is 10.2 Å². The standard InChI is InChI=1S/C19H23N5O2S/c1-19(2,3)11-5-6-13-10(7-11)8-12-15(20)16(27-18(12)21-13)17(25)22-14-9-24(4)23-26-14/h8-9,11H,5-7H2,1-4H3,(H2-,20,22,23,25)/p+1. The van der Waals surface area contributed by atoms with Crippen molar-refractivity contribution in [3.8, 4) is 0 Å². The Morgan fingerprint density at radius 1 is 1.44 bits per heavy atom. The topological polar surface area (TPSA) is 97.9 Å². The van der Waals surface area contributed by atoms with Crippen LogP contribution in [0.5, 0.6) is 0 Å². The summed E-state index contributed by atoms with van der Waals surface area (Å²) < 4.78 is 6.50. The Hall–Kier alpha value is -2.48. The molecule has 3 N–H and O–H groups in total. The number of carbonyl (C=O) groups excluding carboxylic acids is 1. The number of pyridine rings is 1. The first kappa shape index (κ1) is 17.9. The molecule has 0 saturated carbocycles. The van der Waals surface area contributed by atoms with Crippen molar-refractivity contribution in [2.45, 2.75) is 40.0 Å². The lowest BCUT2D eigenvalue weighted by atomic mass is 9.71. The lowest BCUT2D eigenvalue weighted by Crippen LogP contribution is -2.28. The Morgan fingerprint density at radius 2 is 2.22 bits per heavy atom. The summed E-state index contributed by atoms with van der Waals surface area (Å²) in [7, 11) is 1.71. The van der Waals surface area contributed by atoms with Gasteiger partial charge in [-0.05, 0) is 42.2 Å². The monoisotopic (exact) mass is 386 g/mol. The fraction of sp³-hybridized carbons (Fsp3) is 0.474. The molecule has 8 heteroatoms. The number of aromatic nitrogens is 3. The second-order valence-electron chi connectivity index (χ2n) is 8.29. The van der Waals surface area contributed by atoms with Crippen LogP contribution < -0.4 is 15.7 Å². The van der Waals surface area contributed by atoms with E-state index in [1.165, 1.54) is 21.6 Å². The third-order valence-electron chi connectivity index (χ3n) is 5.33. The summed E-state index contributed by atoms with van der Waals surface area (Å²) in [6.07, 6.45) is 4.71. The Labute approximate surface area is 161 Å². The van der Waals surface area contributed by atoms with E-state index in [1.807, 2.05) is 0 Å². The molecule has 0 aromatic carbocycles. The Morgan fingerprint density at radius 3 is 2.89 bits per heavy atom. The van der Waals surface area contributed by atoms with E-state index >= 15 is 0 Å². The number of nitrogens with zero attached hydrogens (tertiary/aromatic N) is 3. The van der Waals surface area contributed by atoms with Crippen molar-refractivity contribution in [2.24, 2.45) is 18.4 Å². The van der Waals surface area contributed by atoms with E-state index in [-0.39, 0.29) is 17.2 Å². The fourth-order valence-corrected chi connectivity index (χ4v) is 4.64. The number of amides is 1. The van der Waals surface area contributed by atoms with E-state index in [2.05, 4.69) is 37.4 Å². The smallest absolute Gasteiger partial charge is 0.302 e. The maximum absolute atomic E-state index is 12.6. The molecular weight excluding hydrogens is 362 g/mol. The summed E-state index contributed by atoms with van der Waals surface area (Å²) in [5.41, 5.74) is 9.45. The van der Waals surface area contributed by atoms with Gasteiger partial charge in [-0.2, -0.15) is 0 Å². The predicted octanol–water partition coefficient (Wildman–Crippen LogP) is 3.09. The third-order valence-corrected chi connectivity index (χ3v) is 6.44. The molecule has 0 saturated heterocycles. The highest BCUT2D eigenvalue weighted by Crippen LogP contribution is 2.40. The average molecular weight is 387 g/mol. The van der Waals surface area contributed by atoms with Crippen LogP contribution in [0.4, 0.5) is 11.6 Å². The van der Waals surface area contributed by atoms with Crippen LogP contribution in [0.15, 0.2) is 16.8 Å². The van der Waals surface area contributed by atoms with Crippen LogP contribution in [-0.4, -0.2) is 16.2 Å². The molecule has 4 rings (SSSR count). The Bertz CT molecular complexity index is 1030. The number of hydrogen-bond donors (Lipinski definition) is 2. The number of nitrogens with two attached hydrogens (primary N) is 1. The lowest BCUT2D eigenvalue weighted by Gasteiger charge is -2.34. The van der Waals surface area contributed by atoms with Crippen molar-refractivity contribution in [3.05, 3.63) is 28.4 Å². The predicted molar refractivity (Wildman–Crippen MR) is 105 cm³/mol. The minimum Gasteiger partial charge on any atom is -0.397 e. The second kappa shape index (κ2) is 6.30. The molecule has 3 aromatic rings. The first-order chi connectivity index (χ1) is 12.7. The van der Waals surface area contributed by atoms with Gasteiger partial charge in [-0.15, -0.1) is 11.3 Å². The molecule has 142 valence electrons. The summed E-state index contributed by atoms with van der Waals surface area (Å²) in [5.74, 6) is 0.594. The summed E-state index contributed by atoms with van der Waals surface area (Å²) in [4.78, 5) is 18.7. The van der Waals surface area contributed by atoms with Crippen molar-refractivity contribution >= 4 is 39.0 Å². The van der Waals surface area contributed by atoms with Crippen LogP contribution in [0.1, 0.15) is 48.1 Å². The minimum absolute atomic E-state index is 0.269. The number of hydrogen-bond acceptors (Lipinski definition) is 6. The molecule has 0 aliphatic heterocycles. The quantitative estimate of drug-likeness (QED) is 0.660. The molecule has 0 fully saturated rings. The average Bonchev–Trinajstić information content (AvgIpc) is 3.15. The number of fused-ring (bicyclic) bond motifs is 2. The number of thiophene rings is 1. The van der Waals surface area contributed by atoms with Gasteiger partial charge in [0.15, 0.2) is 12.3 Å². The van der Waals surface area contributed by atoms with Crippen LogP contribution in [0, 0.1) is 11.3 Å². The molecule has 3 aromatic heterocycles. The summed E-state index contributed by atoms with van der Waals surface area (Å²) in [5, 5.41) is 7.25. The highest BCUT2D eigenvalue weighted by Gasteiger charge is 2.30. The third kappa shape index (κ3) is 3.29. The molecule has 1 atom stereocenters. The van der Waals surface area contributed by atoms with Gasteiger partial charge in [-0.1, -0.05) is 25.5 Å². The molecule has 0 radical (unpaired) electrons. The van der Waals surface area contributed by atoms with E-state index in [9.17, 15) is 4.79 Å². The van der Waals surface area contributed by atoms with E-state index in [4.69, 9.17) is 15.2 Å². The van der Waals surface area contributed by atoms with Gasteiger partial charge in [0.25, 0.3) is 12.1 Å². The summed E-state index contributed by atoms with van der Waals surface area (Å²) in [6, 6.07) is 2.13. The molecule has 7 nitrogen and oxygen atoms in total. The Balaban J connectivity index is 1.67. The van der Waals surface area contributed by atoms with Crippen molar-refractivity contribution in [1.29, 1.82) is 0 Å². The van der Waals surface area contributed by atoms with E-state index in [0.717, 1.165) is 35.2 Å². The highest BCUT2D eigenvalue weighted by molar-refractivity contribution is 7.21. The number of carbonyl (C=O) groups is 1. The van der Waals surface area contributed by atoms with Gasteiger partial charge in [0.05, 0.1) is 5.69 Å².